The highest BCUT2D eigenvalue weighted by molar-refractivity contribution is 6.31. The van der Waals surface area contributed by atoms with Gasteiger partial charge in [-0.05, 0) is 37.1 Å². The van der Waals surface area contributed by atoms with E-state index in [4.69, 9.17) is 11.6 Å². The van der Waals surface area contributed by atoms with Gasteiger partial charge in [-0.1, -0.05) is 30.7 Å². The van der Waals surface area contributed by atoms with E-state index in [9.17, 15) is 0 Å². The highest BCUT2D eigenvalue weighted by atomic mass is 35.5. The van der Waals surface area contributed by atoms with Crippen molar-refractivity contribution in [1.82, 2.24) is 15.1 Å². The zero-order valence-electron chi connectivity index (χ0n) is 11.7. The maximum absolute atomic E-state index is 6.35. The van der Waals surface area contributed by atoms with Crippen molar-refractivity contribution in [1.29, 1.82) is 0 Å². The van der Waals surface area contributed by atoms with Gasteiger partial charge < -0.3 is 5.32 Å². The quantitative estimate of drug-likeness (QED) is 0.847. The van der Waals surface area contributed by atoms with Crippen LogP contribution >= 0.6 is 11.6 Å². The van der Waals surface area contributed by atoms with Gasteiger partial charge in [0, 0.05) is 30.4 Å². The van der Waals surface area contributed by atoms with Gasteiger partial charge in [0.25, 0.3) is 0 Å². The Morgan fingerprint density at radius 1 is 1.37 bits per heavy atom. The van der Waals surface area contributed by atoms with Crippen LogP contribution in [0, 0.1) is 6.92 Å². The second-order valence-electron chi connectivity index (χ2n) is 4.78. The highest BCUT2D eigenvalue weighted by Gasteiger charge is 2.08. The summed E-state index contributed by atoms with van der Waals surface area (Å²) in [5.74, 6) is 0. The summed E-state index contributed by atoms with van der Waals surface area (Å²) in [5, 5.41) is 8.54. The molecule has 0 aliphatic rings. The molecule has 0 amide bonds. The van der Waals surface area contributed by atoms with Crippen LogP contribution in [-0.4, -0.2) is 16.3 Å². The lowest BCUT2D eigenvalue weighted by Crippen LogP contribution is -2.13. The lowest BCUT2D eigenvalue weighted by Gasteiger charge is -2.08. The van der Waals surface area contributed by atoms with E-state index < -0.39 is 0 Å². The van der Waals surface area contributed by atoms with Gasteiger partial charge in [-0.15, -0.1) is 0 Å². The molecular weight excluding hydrogens is 258 g/mol. The van der Waals surface area contributed by atoms with Crippen LogP contribution < -0.4 is 5.32 Å². The molecule has 4 heteroatoms. The average Bonchev–Trinajstić information content (AvgIpc) is 2.71. The predicted molar refractivity (Wildman–Crippen MR) is 80.4 cm³/mol. The number of benzene rings is 1. The van der Waals surface area contributed by atoms with Gasteiger partial charge in [0.2, 0.25) is 0 Å². The number of nitrogens with zero attached hydrogens (tertiary/aromatic N) is 2. The highest BCUT2D eigenvalue weighted by Crippen LogP contribution is 2.27. The number of rotatable bonds is 5. The molecule has 102 valence electrons. The van der Waals surface area contributed by atoms with E-state index in [0.717, 1.165) is 46.9 Å². The summed E-state index contributed by atoms with van der Waals surface area (Å²) >= 11 is 6.35. The van der Waals surface area contributed by atoms with Crippen LogP contribution in [0.4, 0.5) is 0 Å². The SMILES string of the molecule is CCCNCc1ccc(-c2cn(C)nc2C)cc1Cl. The van der Waals surface area contributed by atoms with E-state index >= 15 is 0 Å². The van der Waals surface area contributed by atoms with Crippen LogP contribution in [0.2, 0.25) is 5.02 Å². The molecule has 0 fully saturated rings. The zero-order valence-corrected chi connectivity index (χ0v) is 12.5. The fraction of sp³-hybridized carbons (Fsp3) is 0.400. The fourth-order valence-electron chi connectivity index (χ4n) is 2.14. The number of aromatic nitrogens is 2. The third kappa shape index (κ3) is 3.37. The number of hydrogen-bond acceptors (Lipinski definition) is 2. The summed E-state index contributed by atoms with van der Waals surface area (Å²) in [6.07, 6.45) is 3.15. The summed E-state index contributed by atoms with van der Waals surface area (Å²) in [5.41, 5.74) is 4.42. The Kier molecular flexibility index (Phi) is 4.61. The molecule has 3 nitrogen and oxygen atoms in total. The van der Waals surface area contributed by atoms with E-state index in [1.165, 1.54) is 0 Å². The molecule has 0 unspecified atom stereocenters. The van der Waals surface area contributed by atoms with E-state index in [1.807, 2.05) is 30.9 Å². The van der Waals surface area contributed by atoms with Gasteiger partial charge in [-0.25, -0.2) is 0 Å². The average molecular weight is 278 g/mol. The summed E-state index contributed by atoms with van der Waals surface area (Å²) in [4.78, 5) is 0. The molecule has 0 aliphatic heterocycles. The minimum absolute atomic E-state index is 0.810. The Hall–Kier alpha value is -1.32. The summed E-state index contributed by atoms with van der Waals surface area (Å²) < 4.78 is 1.83. The van der Waals surface area contributed by atoms with Crippen LogP contribution in [0.3, 0.4) is 0 Å². The smallest absolute Gasteiger partial charge is 0.0671 e. The van der Waals surface area contributed by atoms with Crippen LogP contribution in [0.5, 0.6) is 0 Å². The summed E-state index contributed by atoms with van der Waals surface area (Å²) in [6, 6.07) is 6.22. The minimum atomic E-state index is 0.810. The zero-order chi connectivity index (χ0) is 13.8. The first kappa shape index (κ1) is 14.1. The van der Waals surface area contributed by atoms with Crippen molar-refractivity contribution in [2.45, 2.75) is 26.8 Å². The number of halogens is 1. The second kappa shape index (κ2) is 6.22. The topological polar surface area (TPSA) is 29.9 Å². The molecular formula is C15H20ClN3. The van der Waals surface area contributed by atoms with Crippen LogP contribution in [0.25, 0.3) is 11.1 Å². The lowest BCUT2D eigenvalue weighted by molar-refractivity contribution is 0.675. The predicted octanol–water partition coefficient (Wildman–Crippen LogP) is 3.55. The van der Waals surface area contributed by atoms with Gasteiger partial charge in [-0.2, -0.15) is 5.10 Å². The largest absolute Gasteiger partial charge is 0.313 e. The third-order valence-corrected chi connectivity index (χ3v) is 3.47. The van der Waals surface area contributed by atoms with Crippen molar-refractivity contribution in [3.63, 3.8) is 0 Å². The van der Waals surface area contributed by atoms with E-state index in [-0.39, 0.29) is 0 Å². The molecule has 19 heavy (non-hydrogen) atoms. The van der Waals surface area contributed by atoms with E-state index in [1.54, 1.807) is 0 Å². The molecule has 0 saturated heterocycles. The molecule has 0 bridgehead atoms. The molecule has 1 N–H and O–H groups in total. The standard InChI is InChI=1S/C15H20ClN3/c1-4-7-17-9-13-6-5-12(8-15(13)16)14-10-19(3)18-11(14)2/h5-6,8,10,17H,4,7,9H2,1-3H3. The maximum atomic E-state index is 6.35. The van der Waals surface area contributed by atoms with Crippen molar-refractivity contribution in [2.24, 2.45) is 7.05 Å². The number of aryl methyl sites for hydroxylation is 2. The Bertz CT molecular complexity index is 561. The molecule has 2 aromatic rings. The van der Waals surface area contributed by atoms with Gasteiger partial charge in [0.15, 0.2) is 0 Å². The maximum Gasteiger partial charge on any atom is 0.0671 e. The molecule has 1 heterocycles. The number of hydrogen-bond donors (Lipinski definition) is 1. The third-order valence-electron chi connectivity index (χ3n) is 3.12. The minimum Gasteiger partial charge on any atom is -0.313 e. The first-order valence-electron chi connectivity index (χ1n) is 6.61. The van der Waals surface area contributed by atoms with E-state index in [0.29, 0.717) is 0 Å². The lowest BCUT2D eigenvalue weighted by atomic mass is 10.0. The molecule has 0 spiro atoms. The van der Waals surface area contributed by atoms with E-state index in [2.05, 4.69) is 29.5 Å². The van der Waals surface area contributed by atoms with Crippen molar-refractivity contribution >= 4 is 11.6 Å². The van der Waals surface area contributed by atoms with Gasteiger partial charge >= 0.3 is 0 Å². The molecule has 2 rings (SSSR count). The van der Waals surface area contributed by atoms with Crippen molar-refractivity contribution in [3.05, 3.63) is 40.7 Å². The normalized spacial score (nSPS) is 10.9. The van der Waals surface area contributed by atoms with Crippen molar-refractivity contribution in [3.8, 4) is 11.1 Å². The molecule has 0 atom stereocenters. The Morgan fingerprint density at radius 3 is 2.74 bits per heavy atom. The van der Waals surface area contributed by atoms with Crippen molar-refractivity contribution in [2.75, 3.05) is 6.54 Å². The Labute approximate surface area is 119 Å². The molecule has 0 saturated carbocycles. The Balaban J connectivity index is 2.21. The molecule has 1 aromatic carbocycles. The van der Waals surface area contributed by atoms with Crippen LogP contribution in [0.1, 0.15) is 24.6 Å². The summed E-state index contributed by atoms with van der Waals surface area (Å²) in [6.45, 7) is 6.00. The first-order chi connectivity index (χ1) is 9.11. The second-order valence-corrected chi connectivity index (χ2v) is 5.19. The van der Waals surface area contributed by atoms with Crippen LogP contribution in [0.15, 0.2) is 24.4 Å². The molecule has 0 aliphatic carbocycles. The van der Waals surface area contributed by atoms with Gasteiger partial charge in [-0.3, -0.25) is 4.68 Å². The monoisotopic (exact) mass is 277 g/mol. The van der Waals surface area contributed by atoms with Gasteiger partial charge in [0.1, 0.15) is 0 Å². The fourth-order valence-corrected chi connectivity index (χ4v) is 2.39. The first-order valence-corrected chi connectivity index (χ1v) is 6.99. The molecule has 1 aromatic heterocycles. The van der Waals surface area contributed by atoms with Gasteiger partial charge in [0.05, 0.1) is 5.69 Å². The van der Waals surface area contributed by atoms with Crippen molar-refractivity contribution < 1.29 is 0 Å². The summed E-state index contributed by atoms with van der Waals surface area (Å²) in [7, 11) is 1.93. The number of nitrogens with one attached hydrogen (secondary N) is 1. The molecule has 0 radical (unpaired) electrons. The Morgan fingerprint density at radius 2 is 2.16 bits per heavy atom. The van der Waals surface area contributed by atoms with Crippen LogP contribution in [-0.2, 0) is 13.6 Å².